The maximum Gasteiger partial charge on any atom is 0.347 e. The van der Waals surface area contributed by atoms with Crippen LogP contribution < -0.4 is 0 Å². The highest BCUT2D eigenvalue weighted by atomic mass is 32.2. The summed E-state index contributed by atoms with van der Waals surface area (Å²) in [5.74, 6) is -1.33. The number of hydrogen-bond donors (Lipinski definition) is 0. The standard InChI is InChI=1S/C15H17NO7S/c17-14(23-13-4-7-22-15(13)18)11-2-1-3-12(10-11)24(19,20)16-5-8-21-9-6-16/h1-3,10,13H,4-9H2/t13-/m1/s1. The number of carbonyl (C=O) groups excluding carboxylic acids is 2. The molecule has 0 N–H and O–H groups in total. The van der Waals surface area contributed by atoms with Crippen LogP contribution in [0.2, 0.25) is 0 Å². The van der Waals surface area contributed by atoms with Crippen molar-refractivity contribution in [2.24, 2.45) is 0 Å². The molecular formula is C15H17NO7S. The van der Waals surface area contributed by atoms with E-state index < -0.39 is 28.1 Å². The van der Waals surface area contributed by atoms with E-state index in [1.807, 2.05) is 0 Å². The molecule has 2 aliphatic rings. The van der Waals surface area contributed by atoms with Gasteiger partial charge in [-0.05, 0) is 18.2 Å². The molecule has 0 amide bonds. The van der Waals surface area contributed by atoms with Gasteiger partial charge in [0.2, 0.25) is 16.1 Å². The van der Waals surface area contributed by atoms with Crippen LogP contribution in [-0.2, 0) is 29.0 Å². The molecule has 1 atom stereocenters. The van der Waals surface area contributed by atoms with E-state index in [-0.39, 0.29) is 30.2 Å². The van der Waals surface area contributed by atoms with Crippen LogP contribution in [0.3, 0.4) is 0 Å². The van der Waals surface area contributed by atoms with Gasteiger partial charge in [0.1, 0.15) is 0 Å². The first-order valence-corrected chi connectivity index (χ1v) is 8.98. The molecule has 1 aromatic carbocycles. The second kappa shape index (κ2) is 6.88. The van der Waals surface area contributed by atoms with Crippen LogP contribution in [0.4, 0.5) is 0 Å². The summed E-state index contributed by atoms with van der Waals surface area (Å²) in [5.41, 5.74) is 0.0732. The van der Waals surface area contributed by atoms with Crippen LogP contribution in [0, 0.1) is 0 Å². The smallest absolute Gasteiger partial charge is 0.347 e. The molecule has 0 bridgehead atoms. The number of carbonyl (C=O) groups is 2. The highest BCUT2D eigenvalue weighted by Gasteiger charge is 2.31. The van der Waals surface area contributed by atoms with Gasteiger partial charge in [-0.1, -0.05) is 6.07 Å². The molecule has 2 aliphatic heterocycles. The van der Waals surface area contributed by atoms with E-state index >= 15 is 0 Å². The third-order valence-electron chi connectivity index (χ3n) is 3.81. The molecule has 24 heavy (non-hydrogen) atoms. The van der Waals surface area contributed by atoms with Crippen molar-refractivity contribution in [2.75, 3.05) is 32.9 Å². The summed E-state index contributed by atoms with van der Waals surface area (Å²) < 4.78 is 41.5. The fourth-order valence-corrected chi connectivity index (χ4v) is 3.96. The van der Waals surface area contributed by atoms with E-state index in [0.717, 1.165) is 0 Å². The predicted molar refractivity (Wildman–Crippen MR) is 80.8 cm³/mol. The monoisotopic (exact) mass is 355 g/mol. The van der Waals surface area contributed by atoms with Crippen LogP contribution in [0.5, 0.6) is 0 Å². The first-order chi connectivity index (χ1) is 11.5. The van der Waals surface area contributed by atoms with Gasteiger partial charge < -0.3 is 14.2 Å². The van der Waals surface area contributed by atoms with Crippen molar-refractivity contribution >= 4 is 22.0 Å². The van der Waals surface area contributed by atoms with Crippen LogP contribution in [-0.4, -0.2) is 63.7 Å². The van der Waals surface area contributed by atoms with Crippen molar-refractivity contribution in [3.05, 3.63) is 29.8 Å². The highest BCUT2D eigenvalue weighted by molar-refractivity contribution is 7.89. The number of nitrogens with zero attached hydrogens (tertiary/aromatic N) is 1. The largest absolute Gasteiger partial charge is 0.463 e. The maximum atomic E-state index is 12.6. The highest BCUT2D eigenvalue weighted by Crippen LogP contribution is 2.20. The van der Waals surface area contributed by atoms with Crippen molar-refractivity contribution in [3.8, 4) is 0 Å². The minimum Gasteiger partial charge on any atom is -0.463 e. The van der Waals surface area contributed by atoms with Crippen LogP contribution in [0.1, 0.15) is 16.8 Å². The Hall–Kier alpha value is -1.97. The van der Waals surface area contributed by atoms with Gasteiger partial charge in [-0.3, -0.25) is 0 Å². The zero-order chi connectivity index (χ0) is 17.2. The van der Waals surface area contributed by atoms with Gasteiger partial charge in [0.25, 0.3) is 0 Å². The molecule has 130 valence electrons. The van der Waals surface area contributed by atoms with E-state index in [4.69, 9.17) is 14.2 Å². The van der Waals surface area contributed by atoms with E-state index in [1.165, 1.54) is 28.6 Å². The molecule has 0 unspecified atom stereocenters. The first-order valence-electron chi connectivity index (χ1n) is 7.54. The quantitative estimate of drug-likeness (QED) is 0.710. The molecule has 0 radical (unpaired) electrons. The molecule has 8 nitrogen and oxygen atoms in total. The van der Waals surface area contributed by atoms with Crippen molar-refractivity contribution in [1.82, 2.24) is 4.31 Å². The third-order valence-corrected chi connectivity index (χ3v) is 5.71. The molecular weight excluding hydrogens is 338 g/mol. The lowest BCUT2D eigenvalue weighted by molar-refractivity contribution is -0.145. The predicted octanol–water partition coefficient (Wildman–Crippen LogP) is 0.180. The first kappa shape index (κ1) is 16.9. The van der Waals surface area contributed by atoms with E-state index in [2.05, 4.69) is 0 Å². The van der Waals surface area contributed by atoms with Gasteiger partial charge in [-0.2, -0.15) is 4.31 Å². The Morgan fingerprint density at radius 3 is 2.62 bits per heavy atom. The Balaban J connectivity index is 1.78. The third kappa shape index (κ3) is 3.42. The van der Waals surface area contributed by atoms with Gasteiger partial charge in [0.05, 0.1) is 30.3 Å². The number of rotatable bonds is 4. The summed E-state index contributed by atoms with van der Waals surface area (Å²) in [7, 11) is -3.70. The number of ether oxygens (including phenoxy) is 3. The molecule has 3 rings (SSSR count). The average Bonchev–Trinajstić information content (AvgIpc) is 3.00. The van der Waals surface area contributed by atoms with E-state index in [9.17, 15) is 18.0 Å². The van der Waals surface area contributed by atoms with Crippen LogP contribution in [0.15, 0.2) is 29.2 Å². The Labute approximate surface area is 139 Å². The summed E-state index contributed by atoms with van der Waals surface area (Å²) in [6.45, 7) is 1.42. The van der Waals surface area contributed by atoms with Crippen molar-refractivity contribution in [2.45, 2.75) is 17.4 Å². The summed E-state index contributed by atoms with van der Waals surface area (Å²) in [5, 5.41) is 0. The van der Waals surface area contributed by atoms with Gasteiger partial charge in [-0.25, -0.2) is 18.0 Å². The Kier molecular flexibility index (Phi) is 4.83. The second-order valence-electron chi connectivity index (χ2n) is 5.39. The lowest BCUT2D eigenvalue weighted by atomic mass is 10.2. The van der Waals surface area contributed by atoms with Crippen molar-refractivity contribution < 1.29 is 32.2 Å². The van der Waals surface area contributed by atoms with Crippen molar-refractivity contribution in [3.63, 3.8) is 0 Å². The van der Waals surface area contributed by atoms with E-state index in [1.54, 1.807) is 0 Å². The van der Waals surface area contributed by atoms with Gasteiger partial charge in [0.15, 0.2) is 0 Å². The maximum absolute atomic E-state index is 12.6. The Morgan fingerprint density at radius 2 is 1.96 bits per heavy atom. The van der Waals surface area contributed by atoms with Gasteiger partial charge in [0, 0.05) is 19.5 Å². The topological polar surface area (TPSA) is 99.2 Å². The average molecular weight is 355 g/mol. The molecule has 2 saturated heterocycles. The number of sulfonamides is 1. The fourth-order valence-electron chi connectivity index (χ4n) is 2.50. The summed E-state index contributed by atoms with van der Waals surface area (Å²) in [6, 6.07) is 5.59. The molecule has 0 aliphatic carbocycles. The lowest BCUT2D eigenvalue weighted by Gasteiger charge is -2.26. The summed E-state index contributed by atoms with van der Waals surface area (Å²) in [6.07, 6.45) is -0.631. The molecule has 2 heterocycles. The summed E-state index contributed by atoms with van der Waals surface area (Å²) in [4.78, 5) is 23.5. The number of esters is 2. The number of morpholine rings is 1. The Bertz CT molecular complexity index is 740. The molecule has 2 fully saturated rings. The minimum absolute atomic E-state index is 0.00727. The second-order valence-corrected chi connectivity index (χ2v) is 7.33. The zero-order valence-electron chi connectivity index (χ0n) is 12.8. The molecule has 0 spiro atoms. The lowest BCUT2D eigenvalue weighted by Crippen LogP contribution is -2.40. The van der Waals surface area contributed by atoms with Gasteiger partial charge in [-0.15, -0.1) is 0 Å². The fraction of sp³-hybridized carbons (Fsp3) is 0.467. The summed E-state index contributed by atoms with van der Waals surface area (Å²) >= 11 is 0. The van der Waals surface area contributed by atoms with Crippen LogP contribution in [0.25, 0.3) is 0 Å². The Morgan fingerprint density at radius 1 is 1.21 bits per heavy atom. The minimum atomic E-state index is -3.70. The molecule has 0 saturated carbocycles. The van der Waals surface area contributed by atoms with Gasteiger partial charge >= 0.3 is 11.9 Å². The number of benzene rings is 1. The zero-order valence-corrected chi connectivity index (χ0v) is 13.7. The molecule has 1 aromatic rings. The molecule has 9 heteroatoms. The van der Waals surface area contributed by atoms with E-state index in [0.29, 0.717) is 19.6 Å². The van der Waals surface area contributed by atoms with Crippen LogP contribution >= 0.6 is 0 Å². The normalized spacial score (nSPS) is 22.2. The van der Waals surface area contributed by atoms with Crippen molar-refractivity contribution in [1.29, 1.82) is 0 Å². The molecule has 0 aromatic heterocycles. The number of cyclic esters (lactones) is 1. The SMILES string of the molecule is O=C(O[C@@H]1CCOC1=O)c1cccc(S(=O)(=O)N2CCOCC2)c1. The number of hydrogen-bond acceptors (Lipinski definition) is 7.